The van der Waals surface area contributed by atoms with Crippen molar-refractivity contribution in [1.29, 1.82) is 0 Å². The average molecular weight is 351 g/mol. The number of nitrogens with two attached hydrogens (primary N) is 1. The van der Waals surface area contributed by atoms with Crippen LogP contribution in [0.3, 0.4) is 0 Å². The van der Waals surface area contributed by atoms with Gasteiger partial charge in [0.15, 0.2) is 0 Å². The third-order valence-corrected chi connectivity index (χ3v) is 5.54. The molecular weight excluding hydrogens is 338 g/mol. The molecule has 0 amide bonds. The zero-order valence-electron chi connectivity index (χ0n) is 11.7. The minimum absolute atomic E-state index is 0.0634. The molecule has 0 aliphatic heterocycles. The van der Waals surface area contributed by atoms with Gasteiger partial charge in [-0.05, 0) is 41.8 Å². The Morgan fingerprint density at radius 2 is 1.70 bits per heavy atom. The van der Waals surface area contributed by atoms with Crippen molar-refractivity contribution in [1.82, 2.24) is 4.98 Å². The first-order chi connectivity index (χ1) is 10.8. The molecule has 0 saturated carbocycles. The molecule has 3 rings (SSSR count). The lowest BCUT2D eigenvalue weighted by Crippen LogP contribution is -2.15. The first-order valence-corrected chi connectivity index (χ1v) is 9.51. The highest BCUT2D eigenvalue weighted by molar-refractivity contribution is 7.92. The van der Waals surface area contributed by atoms with Crippen molar-refractivity contribution in [2.75, 3.05) is 4.72 Å². The molecule has 120 valence electrons. The van der Waals surface area contributed by atoms with Gasteiger partial charge in [0.1, 0.15) is 0 Å². The molecule has 0 aliphatic rings. The summed E-state index contributed by atoms with van der Waals surface area (Å²) in [5.41, 5.74) is 0.800. The molecule has 0 radical (unpaired) electrons. The molecule has 0 saturated heterocycles. The lowest BCUT2D eigenvalue weighted by atomic mass is 10.2. The van der Waals surface area contributed by atoms with Gasteiger partial charge in [-0.1, -0.05) is 12.1 Å². The number of hydrogen-bond acceptors (Lipinski definition) is 4. The lowest BCUT2D eigenvalue weighted by molar-refractivity contribution is 0.596. The number of rotatable bonds is 4. The van der Waals surface area contributed by atoms with Gasteiger partial charge in [-0.15, -0.1) is 0 Å². The van der Waals surface area contributed by atoms with Crippen LogP contribution in [-0.4, -0.2) is 21.8 Å². The minimum Gasteiger partial charge on any atom is -0.361 e. The fourth-order valence-electron chi connectivity index (χ4n) is 2.14. The Morgan fingerprint density at radius 1 is 0.913 bits per heavy atom. The maximum Gasteiger partial charge on any atom is 0.261 e. The molecular formula is C14H13N3O4S2. The van der Waals surface area contributed by atoms with E-state index in [1.54, 1.807) is 12.3 Å². The first-order valence-electron chi connectivity index (χ1n) is 6.48. The molecule has 0 atom stereocenters. The Labute approximate surface area is 133 Å². The third kappa shape index (κ3) is 3.21. The van der Waals surface area contributed by atoms with Gasteiger partial charge in [-0.25, -0.2) is 22.0 Å². The highest BCUT2D eigenvalue weighted by atomic mass is 32.2. The molecule has 0 aliphatic carbocycles. The van der Waals surface area contributed by atoms with Crippen LogP contribution in [0, 0.1) is 0 Å². The van der Waals surface area contributed by atoms with Gasteiger partial charge in [-0.3, -0.25) is 4.72 Å². The number of H-pyrrole nitrogens is 1. The van der Waals surface area contributed by atoms with Crippen molar-refractivity contribution in [2.24, 2.45) is 5.14 Å². The predicted molar refractivity (Wildman–Crippen MR) is 86.9 cm³/mol. The quantitative estimate of drug-likeness (QED) is 0.661. The summed E-state index contributed by atoms with van der Waals surface area (Å²) >= 11 is 0. The summed E-state index contributed by atoms with van der Waals surface area (Å²) in [6.45, 7) is 0. The highest BCUT2D eigenvalue weighted by Gasteiger charge is 2.16. The zero-order valence-corrected chi connectivity index (χ0v) is 13.4. The molecule has 2 aromatic carbocycles. The van der Waals surface area contributed by atoms with E-state index in [4.69, 9.17) is 5.14 Å². The van der Waals surface area contributed by atoms with E-state index in [-0.39, 0.29) is 15.5 Å². The number of aromatic amines is 1. The van der Waals surface area contributed by atoms with Gasteiger partial charge in [0.2, 0.25) is 10.0 Å². The van der Waals surface area contributed by atoms with E-state index in [9.17, 15) is 16.8 Å². The molecule has 9 heteroatoms. The van der Waals surface area contributed by atoms with Crippen LogP contribution in [0.15, 0.2) is 64.5 Å². The average Bonchev–Trinajstić information content (AvgIpc) is 2.93. The summed E-state index contributed by atoms with van der Waals surface area (Å²) in [6, 6.07) is 11.8. The van der Waals surface area contributed by atoms with Crippen LogP contribution in [0.2, 0.25) is 0 Å². The van der Waals surface area contributed by atoms with Crippen molar-refractivity contribution in [3.63, 3.8) is 0 Å². The highest BCUT2D eigenvalue weighted by Crippen LogP contribution is 2.22. The van der Waals surface area contributed by atoms with Crippen molar-refractivity contribution in [3.8, 4) is 0 Å². The molecule has 0 bridgehead atoms. The third-order valence-electron chi connectivity index (χ3n) is 3.25. The van der Waals surface area contributed by atoms with E-state index >= 15 is 0 Å². The zero-order chi connectivity index (χ0) is 16.7. The summed E-state index contributed by atoms with van der Waals surface area (Å²) in [5, 5.41) is 5.93. The summed E-state index contributed by atoms with van der Waals surface area (Å²) in [7, 11) is -7.76. The van der Waals surface area contributed by atoms with Gasteiger partial charge in [-0.2, -0.15) is 0 Å². The number of sulfonamides is 2. The van der Waals surface area contributed by atoms with Gasteiger partial charge in [0.25, 0.3) is 10.0 Å². The summed E-state index contributed by atoms with van der Waals surface area (Å²) < 4.78 is 49.9. The van der Waals surface area contributed by atoms with Crippen LogP contribution in [0.25, 0.3) is 10.9 Å². The molecule has 1 heterocycles. The number of primary sulfonamides is 1. The van der Waals surface area contributed by atoms with Crippen molar-refractivity contribution in [3.05, 3.63) is 54.7 Å². The number of benzene rings is 2. The Bertz CT molecular complexity index is 1090. The standard InChI is InChI=1S/C14H13N3O4S2/c15-22(18,19)12-3-1-2-11(8-12)17-23(20,21)13-5-4-10-6-7-16-14(10)9-13/h1-9,16-17H,(H2,15,18,19). The van der Waals surface area contributed by atoms with E-state index in [1.165, 1.54) is 36.4 Å². The maximum absolute atomic E-state index is 12.4. The molecule has 23 heavy (non-hydrogen) atoms. The fraction of sp³-hybridized carbons (Fsp3) is 0. The monoisotopic (exact) mass is 351 g/mol. The Morgan fingerprint density at radius 3 is 2.43 bits per heavy atom. The second-order valence-corrected chi connectivity index (χ2v) is 8.15. The van der Waals surface area contributed by atoms with Gasteiger partial charge >= 0.3 is 0 Å². The van der Waals surface area contributed by atoms with Crippen molar-refractivity contribution < 1.29 is 16.8 Å². The molecule has 0 spiro atoms. The number of anilines is 1. The van der Waals surface area contributed by atoms with Crippen molar-refractivity contribution >= 4 is 36.6 Å². The van der Waals surface area contributed by atoms with E-state index in [2.05, 4.69) is 9.71 Å². The first kappa shape index (κ1) is 15.5. The van der Waals surface area contributed by atoms with Crippen LogP contribution in [0.5, 0.6) is 0 Å². The topological polar surface area (TPSA) is 122 Å². The number of nitrogens with one attached hydrogen (secondary N) is 2. The molecule has 0 unspecified atom stereocenters. The van der Waals surface area contributed by atoms with E-state index < -0.39 is 20.0 Å². The van der Waals surface area contributed by atoms with Crippen LogP contribution >= 0.6 is 0 Å². The van der Waals surface area contributed by atoms with Crippen LogP contribution in [0.4, 0.5) is 5.69 Å². The summed E-state index contributed by atoms with van der Waals surface area (Å²) in [4.78, 5) is 2.83. The van der Waals surface area contributed by atoms with E-state index in [1.807, 2.05) is 6.07 Å². The van der Waals surface area contributed by atoms with Crippen LogP contribution in [-0.2, 0) is 20.0 Å². The molecule has 1 aromatic heterocycles. The Hall–Kier alpha value is -2.36. The van der Waals surface area contributed by atoms with Gasteiger partial charge < -0.3 is 4.98 Å². The maximum atomic E-state index is 12.4. The summed E-state index contributed by atoms with van der Waals surface area (Å²) in [5.74, 6) is 0. The summed E-state index contributed by atoms with van der Waals surface area (Å²) in [6.07, 6.45) is 1.71. The van der Waals surface area contributed by atoms with E-state index in [0.29, 0.717) is 5.52 Å². The van der Waals surface area contributed by atoms with Gasteiger partial charge in [0, 0.05) is 11.7 Å². The second kappa shape index (κ2) is 5.37. The second-order valence-electron chi connectivity index (χ2n) is 4.91. The smallest absolute Gasteiger partial charge is 0.261 e. The predicted octanol–water partition coefficient (Wildman–Crippen LogP) is 1.62. The Kier molecular flexibility index (Phi) is 3.63. The number of hydrogen-bond donors (Lipinski definition) is 3. The normalized spacial score (nSPS) is 12.4. The molecule has 0 fully saturated rings. The SMILES string of the molecule is NS(=O)(=O)c1cccc(NS(=O)(=O)c2ccc3cc[nH]c3c2)c1. The lowest BCUT2D eigenvalue weighted by Gasteiger charge is -2.09. The van der Waals surface area contributed by atoms with Gasteiger partial charge in [0.05, 0.1) is 15.5 Å². The van der Waals surface area contributed by atoms with E-state index in [0.717, 1.165) is 5.39 Å². The molecule has 3 aromatic rings. The molecule has 4 N–H and O–H groups in total. The number of fused-ring (bicyclic) bond motifs is 1. The van der Waals surface area contributed by atoms with Crippen molar-refractivity contribution in [2.45, 2.75) is 9.79 Å². The molecule has 7 nitrogen and oxygen atoms in total. The van der Waals surface area contributed by atoms with Crippen LogP contribution < -0.4 is 9.86 Å². The fourth-order valence-corrected chi connectivity index (χ4v) is 3.78. The minimum atomic E-state index is -3.91. The van der Waals surface area contributed by atoms with Crippen LogP contribution in [0.1, 0.15) is 0 Å². The Balaban J connectivity index is 1.98. The number of aromatic nitrogens is 1. The largest absolute Gasteiger partial charge is 0.361 e.